The van der Waals surface area contributed by atoms with Gasteiger partial charge in [-0.15, -0.1) is 0 Å². The van der Waals surface area contributed by atoms with Crippen molar-refractivity contribution >= 4 is 43.9 Å². The van der Waals surface area contributed by atoms with E-state index in [9.17, 15) is 13.2 Å². The number of halogens is 1. The lowest BCUT2D eigenvalue weighted by Gasteiger charge is -2.16. The van der Waals surface area contributed by atoms with Crippen LogP contribution in [0.15, 0.2) is 63.2 Å². The Balaban J connectivity index is 2.15. The Morgan fingerprint density at radius 1 is 1.19 bits per heavy atom. The standard InChI is InChI=1S/C22H21ClN4O3S/c1-4-14(3)27-20(24)18(31(29,30)16-8-6-15(23)7-9-16)11-17-21(27)25-19-10-5-13(2)12-26(19)22(17)28/h5-12,14,24H,4H2,1-3H3/p+1/t14-/m1/s1. The minimum Gasteiger partial charge on any atom is -0.317 e. The summed E-state index contributed by atoms with van der Waals surface area (Å²) in [6, 6.07) is 10.6. The summed E-state index contributed by atoms with van der Waals surface area (Å²) in [6.07, 6.45) is 2.35. The molecule has 0 saturated carbocycles. The van der Waals surface area contributed by atoms with E-state index in [1.807, 2.05) is 26.8 Å². The molecule has 31 heavy (non-hydrogen) atoms. The highest BCUT2D eigenvalue weighted by Crippen LogP contribution is 2.28. The second kappa shape index (κ2) is 7.62. The highest BCUT2D eigenvalue weighted by atomic mass is 35.5. The normalized spacial score (nSPS) is 13.0. The van der Waals surface area contributed by atoms with Gasteiger partial charge in [0.1, 0.15) is 10.3 Å². The van der Waals surface area contributed by atoms with E-state index >= 15 is 0 Å². The van der Waals surface area contributed by atoms with E-state index < -0.39 is 9.84 Å². The summed E-state index contributed by atoms with van der Waals surface area (Å²) in [5.41, 5.74) is 7.76. The minimum absolute atomic E-state index is 0.0418. The molecule has 0 aliphatic heterocycles. The maximum atomic E-state index is 13.4. The van der Waals surface area contributed by atoms with Crippen molar-refractivity contribution in [3.05, 3.63) is 69.6 Å². The molecule has 2 N–H and O–H groups in total. The first-order chi connectivity index (χ1) is 14.6. The van der Waals surface area contributed by atoms with Gasteiger partial charge in [0.05, 0.1) is 10.9 Å². The number of aryl methyl sites for hydroxylation is 1. The lowest BCUT2D eigenvalue weighted by Crippen LogP contribution is -2.44. The van der Waals surface area contributed by atoms with Gasteiger partial charge in [0.2, 0.25) is 21.3 Å². The van der Waals surface area contributed by atoms with Crippen LogP contribution in [0, 0.1) is 6.92 Å². The fourth-order valence-corrected chi connectivity index (χ4v) is 5.10. The molecule has 4 rings (SSSR count). The number of nitrogen functional groups attached to an aromatic ring is 1. The monoisotopic (exact) mass is 457 g/mol. The van der Waals surface area contributed by atoms with Crippen molar-refractivity contribution < 1.29 is 13.0 Å². The topological polar surface area (TPSA) is 98.4 Å². The summed E-state index contributed by atoms with van der Waals surface area (Å²) in [7, 11) is -4.00. The summed E-state index contributed by atoms with van der Waals surface area (Å²) >= 11 is 5.92. The molecule has 4 aromatic rings. The first kappa shape index (κ1) is 21.3. The summed E-state index contributed by atoms with van der Waals surface area (Å²) in [5, 5.41) is 0.606. The summed E-state index contributed by atoms with van der Waals surface area (Å²) in [6.45, 7) is 5.74. The molecule has 0 spiro atoms. The number of rotatable bonds is 4. The molecule has 0 aliphatic carbocycles. The smallest absolute Gasteiger partial charge is 0.278 e. The van der Waals surface area contributed by atoms with Gasteiger partial charge in [0.15, 0.2) is 0 Å². The van der Waals surface area contributed by atoms with E-state index in [2.05, 4.69) is 4.98 Å². The SMILES string of the molecule is CC[C@@H](C)[n+]1c(N)c(S(=O)(=O)c2ccc(Cl)cc2)cc2c(=O)n3cc(C)ccc3nc21. The highest BCUT2D eigenvalue weighted by Gasteiger charge is 2.30. The van der Waals surface area contributed by atoms with Crippen LogP contribution in [0.5, 0.6) is 0 Å². The number of hydrogen-bond donors (Lipinski definition) is 1. The molecular weight excluding hydrogens is 436 g/mol. The molecule has 9 heteroatoms. The number of hydrogen-bond acceptors (Lipinski definition) is 5. The predicted octanol–water partition coefficient (Wildman–Crippen LogP) is 3.48. The quantitative estimate of drug-likeness (QED) is 0.373. The fraction of sp³-hybridized carbons (Fsp3) is 0.227. The zero-order valence-corrected chi connectivity index (χ0v) is 18.9. The largest absolute Gasteiger partial charge is 0.317 e. The Morgan fingerprint density at radius 3 is 2.52 bits per heavy atom. The Bertz CT molecular complexity index is 1500. The number of aromatic nitrogens is 3. The van der Waals surface area contributed by atoms with Crippen LogP contribution in [0.4, 0.5) is 5.82 Å². The summed E-state index contributed by atoms with van der Waals surface area (Å²) in [5.74, 6) is 0.0418. The molecule has 3 aromatic heterocycles. The van der Waals surface area contributed by atoms with Crippen LogP contribution in [0.2, 0.25) is 5.02 Å². The Kier molecular flexibility index (Phi) is 5.23. The van der Waals surface area contributed by atoms with Gasteiger partial charge in [-0.2, -0.15) is 0 Å². The van der Waals surface area contributed by atoms with E-state index in [1.54, 1.807) is 16.8 Å². The van der Waals surface area contributed by atoms with Gasteiger partial charge in [-0.3, -0.25) is 9.20 Å². The molecule has 0 fully saturated rings. The number of benzene rings is 1. The molecule has 160 valence electrons. The van der Waals surface area contributed by atoms with Gasteiger partial charge >= 0.3 is 0 Å². The average molecular weight is 458 g/mol. The Morgan fingerprint density at radius 2 is 1.87 bits per heavy atom. The minimum atomic E-state index is -4.00. The molecule has 0 aliphatic rings. The van der Waals surface area contributed by atoms with Crippen molar-refractivity contribution in [3.63, 3.8) is 0 Å². The Hall–Kier alpha value is -2.97. The van der Waals surface area contributed by atoms with Crippen LogP contribution in [0.3, 0.4) is 0 Å². The van der Waals surface area contributed by atoms with E-state index in [1.165, 1.54) is 34.7 Å². The number of pyridine rings is 2. The number of fused-ring (bicyclic) bond motifs is 2. The molecule has 0 saturated heterocycles. The van der Waals surface area contributed by atoms with Crippen molar-refractivity contribution in [1.29, 1.82) is 0 Å². The van der Waals surface area contributed by atoms with Gasteiger partial charge in [0.25, 0.3) is 11.2 Å². The van der Waals surface area contributed by atoms with Crippen LogP contribution >= 0.6 is 11.6 Å². The van der Waals surface area contributed by atoms with Crippen molar-refractivity contribution in [3.8, 4) is 0 Å². The van der Waals surface area contributed by atoms with Gasteiger partial charge in [0, 0.05) is 11.2 Å². The lowest BCUT2D eigenvalue weighted by molar-refractivity contribution is -0.684. The van der Waals surface area contributed by atoms with E-state index in [-0.39, 0.29) is 32.6 Å². The van der Waals surface area contributed by atoms with Crippen LogP contribution in [-0.4, -0.2) is 17.8 Å². The predicted molar refractivity (Wildman–Crippen MR) is 120 cm³/mol. The number of sulfone groups is 1. The van der Waals surface area contributed by atoms with Crippen LogP contribution in [0.1, 0.15) is 31.9 Å². The first-order valence-electron chi connectivity index (χ1n) is 9.82. The average Bonchev–Trinajstić information content (AvgIpc) is 2.74. The molecule has 1 aromatic carbocycles. The maximum Gasteiger partial charge on any atom is 0.278 e. The Labute approximate surface area is 184 Å². The van der Waals surface area contributed by atoms with Gasteiger partial charge < -0.3 is 5.73 Å². The maximum absolute atomic E-state index is 13.4. The third kappa shape index (κ3) is 3.45. The molecule has 1 atom stereocenters. The third-order valence-electron chi connectivity index (χ3n) is 5.45. The van der Waals surface area contributed by atoms with E-state index in [0.29, 0.717) is 22.7 Å². The lowest BCUT2D eigenvalue weighted by atomic mass is 10.2. The molecular formula is C22H22ClN4O3S+. The van der Waals surface area contributed by atoms with Crippen molar-refractivity contribution in [2.45, 2.75) is 43.0 Å². The van der Waals surface area contributed by atoms with Crippen LogP contribution in [-0.2, 0) is 9.84 Å². The highest BCUT2D eigenvalue weighted by molar-refractivity contribution is 7.91. The van der Waals surface area contributed by atoms with Crippen LogP contribution < -0.4 is 15.9 Å². The van der Waals surface area contributed by atoms with Crippen molar-refractivity contribution in [2.24, 2.45) is 0 Å². The summed E-state index contributed by atoms with van der Waals surface area (Å²) < 4.78 is 29.9. The fourth-order valence-electron chi connectivity index (χ4n) is 3.58. The van der Waals surface area contributed by atoms with Crippen molar-refractivity contribution in [2.75, 3.05) is 5.73 Å². The number of anilines is 1. The second-order valence-electron chi connectivity index (χ2n) is 7.57. The molecule has 3 heterocycles. The molecule has 0 unspecified atom stereocenters. The second-order valence-corrected chi connectivity index (χ2v) is 9.92. The van der Waals surface area contributed by atoms with E-state index in [0.717, 1.165) is 5.56 Å². The van der Waals surface area contributed by atoms with Gasteiger partial charge in [-0.05, 0) is 62.2 Å². The van der Waals surface area contributed by atoms with E-state index in [4.69, 9.17) is 17.3 Å². The molecule has 7 nitrogen and oxygen atoms in total. The van der Waals surface area contributed by atoms with Crippen LogP contribution in [0.25, 0.3) is 16.7 Å². The number of nitrogens with zero attached hydrogens (tertiary/aromatic N) is 3. The molecule has 0 radical (unpaired) electrons. The third-order valence-corrected chi connectivity index (χ3v) is 7.50. The summed E-state index contributed by atoms with van der Waals surface area (Å²) in [4.78, 5) is 17.9. The van der Waals surface area contributed by atoms with Crippen molar-refractivity contribution in [1.82, 2.24) is 9.38 Å². The van der Waals surface area contributed by atoms with Gasteiger partial charge in [-0.1, -0.05) is 29.6 Å². The number of nitrogens with two attached hydrogens (primary N) is 1. The van der Waals surface area contributed by atoms with Gasteiger partial charge in [-0.25, -0.2) is 13.0 Å². The zero-order valence-electron chi connectivity index (χ0n) is 17.3. The molecule has 0 bridgehead atoms. The first-order valence-corrected chi connectivity index (χ1v) is 11.7. The molecule has 0 amide bonds. The zero-order chi connectivity index (χ0) is 22.5.